The molecule has 0 aliphatic carbocycles. The first-order valence-electron chi connectivity index (χ1n) is 6.35. The smallest absolute Gasteiger partial charge is 0.233 e. The molecule has 0 saturated heterocycles. The zero-order valence-corrected chi connectivity index (χ0v) is 13.0. The molecule has 0 aliphatic heterocycles. The van der Waals surface area contributed by atoms with Crippen LogP contribution < -0.4 is 10.6 Å². The molecule has 8 heteroatoms. The second-order valence-corrected chi connectivity index (χ2v) is 5.35. The van der Waals surface area contributed by atoms with E-state index in [1.807, 2.05) is 0 Å². The zero-order valence-electron chi connectivity index (χ0n) is 11.5. The van der Waals surface area contributed by atoms with Gasteiger partial charge in [0.25, 0.3) is 0 Å². The monoisotopic (exact) mass is 358 g/mol. The normalized spacial score (nSPS) is 10.3. The van der Waals surface area contributed by atoms with Crippen LogP contribution in [0.1, 0.15) is 6.42 Å². The fourth-order valence-electron chi connectivity index (χ4n) is 1.70. The minimum Gasteiger partial charge on any atom is -0.326 e. The predicted octanol–water partition coefficient (Wildman–Crippen LogP) is 4.24. The Morgan fingerprint density at radius 2 is 1.22 bits per heavy atom. The number of carbonyl (C=O) groups excluding carboxylic acids is 2. The molecule has 2 amide bonds. The van der Waals surface area contributed by atoms with Gasteiger partial charge >= 0.3 is 0 Å². The van der Waals surface area contributed by atoms with Gasteiger partial charge in [-0.25, -0.2) is 8.78 Å². The molecule has 0 radical (unpaired) electrons. The first-order valence-corrected chi connectivity index (χ1v) is 7.10. The number of carbonyl (C=O) groups is 2. The van der Waals surface area contributed by atoms with Crippen molar-refractivity contribution < 1.29 is 18.4 Å². The molecule has 2 N–H and O–H groups in total. The first kappa shape index (κ1) is 17.2. The molecule has 0 heterocycles. The lowest BCUT2D eigenvalue weighted by Gasteiger charge is -2.07. The SMILES string of the molecule is O=C(CC(=O)Nc1ccc(F)c(Cl)c1)Nc1ccc(F)c(Cl)c1. The van der Waals surface area contributed by atoms with Crippen LogP contribution in [0, 0.1) is 11.6 Å². The Morgan fingerprint density at radius 1 is 0.826 bits per heavy atom. The molecule has 4 nitrogen and oxygen atoms in total. The summed E-state index contributed by atoms with van der Waals surface area (Å²) in [6, 6.07) is 7.28. The second kappa shape index (κ2) is 7.39. The summed E-state index contributed by atoms with van der Waals surface area (Å²) >= 11 is 11.2. The Kier molecular flexibility index (Phi) is 5.52. The van der Waals surface area contributed by atoms with E-state index in [1.54, 1.807) is 0 Å². The molecule has 2 aromatic carbocycles. The Balaban J connectivity index is 1.92. The fraction of sp³-hybridized carbons (Fsp3) is 0.0667. The van der Waals surface area contributed by atoms with Crippen LogP contribution in [0.2, 0.25) is 10.0 Å². The fourth-order valence-corrected chi connectivity index (χ4v) is 2.07. The van der Waals surface area contributed by atoms with Gasteiger partial charge in [-0.05, 0) is 36.4 Å². The molecule has 0 aromatic heterocycles. The van der Waals surface area contributed by atoms with Crippen molar-refractivity contribution in [2.24, 2.45) is 0 Å². The van der Waals surface area contributed by atoms with E-state index >= 15 is 0 Å². The number of amides is 2. The molecule has 2 aromatic rings. The van der Waals surface area contributed by atoms with Gasteiger partial charge in [0.05, 0.1) is 10.0 Å². The largest absolute Gasteiger partial charge is 0.326 e. The number of hydrogen-bond donors (Lipinski definition) is 2. The van der Waals surface area contributed by atoms with Crippen LogP contribution in [0.4, 0.5) is 20.2 Å². The van der Waals surface area contributed by atoms with Crippen molar-refractivity contribution in [3.8, 4) is 0 Å². The van der Waals surface area contributed by atoms with Crippen LogP contribution in [0.25, 0.3) is 0 Å². The van der Waals surface area contributed by atoms with Crippen molar-refractivity contribution in [2.45, 2.75) is 6.42 Å². The van der Waals surface area contributed by atoms with Gasteiger partial charge in [-0.15, -0.1) is 0 Å². The van der Waals surface area contributed by atoms with Gasteiger partial charge in [0.1, 0.15) is 18.1 Å². The van der Waals surface area contributed by atoms with E-state index in [2.05, 4.69) is 10.6 Å². The van der Waals surface area contributed by atoms with E-state index in [-0.39, 0.29) is 21.4 Å². The third-order valence-corrected chi connectivity index (χ3v) is 3.31. The highest BCUT2D eigenvalue weighted by Crippen LogP contribution is 2.20. The van der Waals surface area contributed by atoms with Crippen molar-refractivity contribution in [1.29, 1.82) is 0 Å². The predicted molar refractivity (Wildman–Crippen MR) is 84.7 cm³/mol. The quantitative estimate of drug-likeness (QED) is 0.803. The molecule has 23 heavy (non-hydrogen) atoms. The maximum Gasteiger partial charge on any atom is 0.233 e. The van der Waals surface area contributed by atoms with Gasteiger partial charge < -0.3 is 10.6 Å². The molecule has 0 atom stereocenters. The number of nitrogens with one attached hydrogen (secondary N) is 2. The number of hydrogen-bond acceptors (Lipinski definition) is 2. The summed E-state index contributed by atoms with van der Waals surface area (Å²) in [6.45, 7) is 0. The molecule has 0 saturated carbocycles. The van der Waals surface area contributed by atoms with Crippen molar-refractivity contribution in [3.63, 3.8) is 0 Å². The van der Waals surface area contributed by atoms with Crippen molar-refractivity contribution in [2.75, 3.05) is 10.6 Å². The first-order chi connectivity index (χ1) is 10.8. The molecule has 2 rings (SSSR count). The van der Waals surface area contributed by atoms with Gasteiger partial charge in [-0.1, -0.05) is 23.2 Å². The standard InChI is InChI=1S/C15H10Cl2F2N2O2/c16-10-5-8(1-3-12(10)18)20-14(22)7-15(23)21-9-2-4-13(19)11(17)6-9/h1-6H,7H2,(H,20,22)(H,21,23). The van der Waals surface area contributed by atoms with Crippen LogP contribution in [-0.2, 0) is 9.59 Å². The summed E-state index contributed by atoms with van der Waals surface area (Å²) in [5.41, 5.74) is 0.526. The van der Waals surface area contributed by atoms with Crippen LogP contribution in [0.15, 0.2) is 36.4 Å². The summed E-state index contributed by atoms with van der Waals surface area (Å²) in [7, 11) is 0. The summed E-state index contributed by atoms with van der Waals surface area (Å²) in [5, 5.41) is 4.53. The van der Waals surface area contributed by atoms with E-state index in [0.29, 0.717) is 0 Å². The molecule has 120 valence electrons. The van der Waals surface area contributed by atoms with Gasteiger partial charge in [0.2, 0.25) is 11.8 Å². The van der Waals surface area contributed by atoms with Crippen molar-refractivity contribution >= 4 is 46.4 Å². The van der Waals surface area contributed by atoms with Crippen molar-refractivity contribution in [1.82, 2.24) is 0 Å². The maximum absolute atomic E-state index is 13.0. The number of rotatable bonds is 4. The molecule has 0 unspecified atom stereocenters. The summed E-state index contributed by atoms with van der Waals surface area (Å²) in [6.07, 6.45) is -0.482. The van der Waals surface area contributed by atoms with E-state index in [9.17, 15) is 18.4 Å². The minimum absolute atomic E-state index is 0.145. The van der Waals surface area contributed by atoms with E-state index in [1.165, 1.54) is 24.3 Å². The van der Waals surface area contributed by atoms with E-state index in [4.69, 9.17) is 23.2 Å². The summed E-state index contributed by atoms with van der Waals surface area (Å²) in [4.78, 5) is 23.5. The zero-order chi connectivity index (χ0) is 17.0. The Hall–Kier alpha value is -2.18. The third kappa shape index (κ3) is 4.91. The second-order valence-electron chi connectivity index (χ2n) is 4.53. The Morgan fingerprint density at radius 3 is 1.57 bits per heavy atom. The van der Waals surface area contributed by atoms with Crippen LogP contribution in [-0.4, -0.2) is 11.8 Å². The van der Waals surface area contributed by atoms with E-state index in [0.717, 1.165) is 12.1 Å². The summed E-state index contributed by atoms with van der Waals surface area (Å²) in [5.74, 6) is -2.46. The average Bonchev–Trinajstić information content (AvgIpc) is 2.46. The van der Waals surface area contributed by atoms with Crippen LogP contribution in [0.3, 0.4) is 0 Å². The Labute approximate surface area is 140 Å². The van der Waals surface area contributed by atoms with Gasteiger partial charge in [0.15, 0.2) is 0 Å². The minimum atomic E-state index is -0.615. The van der Waals surface area contributed by atoms with Crippen LogP contribution in [0.5, 0.6) is 0 Å². The van der Waals surface area contributed by atoms with Crippen molar-refractivity contribution in [3.05, 3.63) is 58.1 Å². The lowest BCUT2D eigenvalue weighted by Crippen LogP contribution is -2.21. The Bertz CT molecular complexity index is 706. The molecule has 0 aliphatic rings. The molecule has 0 bridgehead atoms. The maximum atomic E-state index is 13.0. The lowest BCUT2D eigenvalue weighted by molar-refractivity contribution is -0.123. The third-order valence-electron chi connectivity index (χ3n) is 2.73. The molecular weight excluding hydrogens is 349 g/mol. The van der Waals surface area contributed by atoms with E-state index < -0.39 is 29.9 Å². The highest BCUT2D eigenvalue weighted by atomic mass is 35.5. The number of halogens is 4. The molecule has 0 spiro atoms. The van der Waals surface area contributed by atoms with Crippen LogP contribution >= 0.6 is 23.2 Å². The molecule has 0 fully saturated rings. The van der Waals surface area contributed by atoms with Gasteiger partial charge in [0, 0.05) is 11.4 Å². The number of anilines is 2. The average molecular weight is 359 g/mol. The highest BCUT2D eigenvalue weighted by Gasteiger charge is 2.12. The lowest BCUT2D eigenvalue weighted by atomic mass is 10.2. The van der Waals surface area contributed by atoms with Gasteiger partial charge in [-0.3, -0.25) is 9.59 Å². The summed E-state index contributed by atoms with van der Waals surface area (Å²) < 4.78 is 26.0. The molecular formula is C15H10Cl2F2N2O2. The number of benzene rings is 2. The topological polar surface area (TPSA) is 58.2 Å². The highest BCUT2D eigenvalue weighted by molar-refractivity contribution is 6.31. The van der Waals surface area contributed by atoms with Gasteiger partial charge in [-0.2, -0.15) is 0 Å².